The van der Waals surface area contributed by atoms with E-state index in [4.69, 9.17) is 11.6 Å². The molecule has 0 N–H and O–H groups in total. The molecule has 0 atom stereocenters. The van der Waals surface area contributed by atoms with Gasteiger partial charge in [-0.3, -0.25) is 19.5 Å². The second kappa shape index (κ2) is 5.50. The monoisotopic (exact) mass is 298 g/mol. The van der Waals surface area contributed by atoms with Gasteiger partial charge in [-0.15, -0.1) is 0 Å². The summed E-state index contributed by atoms with van der Waals surface area (Å²) in [5.74, 6) is -0.828. The Balaban J connectivity index is 1.92. The van der Waals surface area contributed by atoms with Gasteiger partial charge in [0.2, 0.25) is 0 Å². The predicted molar refractivity (Wildman–Crippen MR) is 79.0 cm³/mol. The Bertz CT molecular complexity index is 726. The molecule has 1 aliphatic rings. The number of imide groups is 1. The third-order valence-electron chi connectivity index (χ3n) is 3.26. The van der Waals surface area contributed by atoms with Gasteiger partial charge in [0.15, 0.2) is 0 Å². The van der Waals surface area contributed by atoms with E-state index < -0.39 is 5.91 Å². The molecule has 21 heavy (non-hydrogen) atoms. The number of nitrogens with zero attached hydrogens (tertiary/aromatic N) is 2. The first kappa shape index (κ1) is 13.5. The van der Waals surface area contributed by atoms with Gasteiger partial charge in [0, 0.05) is 12.4 Å². The normalized spacial score (nSPS) is 15.0. The van der Waals surface area contributed by atoms with Crippen molar-refractivity contribution in [1.82, 2.24) is 9.88 Å². The van der Waals surface area contributed by atoms with Crippen LogP contribution >= 0.6 is 11.6 Å². The van der Waals surface area contributed by atoms with Crippen molar-refractivity contribution >= 4 is 29.0 Å². The fourth-order valence-electron chi connectivity index (χ4n) is 2.22. The van der Waals surface area contributed by atoms with Crippen LogP contribution in [0, 0.1) is 0 Å². The van der Waals surface area contributed by atoms with Crippen molar-refractivity contribution in [3.05, 3.63) is 71.0 Å². The summed E-state index contributed by atoms with van der Waals surface area (Å²) >= 11 is 6.07. The highest BCUT2D eigenvalue weighted by Crippen LogP contribution is 2.32. The molecule has 0 saturated heterocycles. The molecule has 0 unspecified atom stereocenters. The van der Waals surface area contributed by atoms with Crippen LogP contribution in [0.1, 0.15) is 11.1 Å². The van der Waals surface area contributed by atoms with Gasteiger partial charge in [-0.25, -0.2) is 0 Å². The molecule has 2 amide bonds. The molecule has 5 heteroatoms. The fourth-order valence-corrected chi connectivity index (χ4v) is 2.51. The molecule has 1 aromatic carbocycles. The lowest BCUT2D eigenvalue weighted by molar-refractivity contribution is -0.137. The van der Waals surface area contributed by atoms with Crippen molar-refractivity contribution in [2.24, 2.45) is 0 Å². The molecule has 0 saturated carbocycles. The zero-order valence-corrected chi connectivity index (χ0v) is 11.7. The van der Waals surface area contributed by atoms with E-state index >= 15 is 0 Å². The molecular weight excluding hydrogens is 288 g/mol. The van der Waals surface area contributed by atoms with Gasteiger partial charge in [0.1, 0.15) is 5.03 Å². The van der Waals surface area contributed by atoms with Crippen molar-refractivity contribution in [1.29, 1.82) is 0 Å². The van der Waals surface area contributed by atoms with Crippen molar-refractivity contribution in [2.75, 3.05) is 0 Å². The minimum atomic E-state index is -0.461. The largest absolute Gasteiger partial charge is 0.273 e. The molecule has 0 fully saturated rings. The topological polar surface area (TPSA) is 50.3 Å². The average Bonchev–Trinajstić information content (AvgIpc) is 2.73. The van der Waals surface area contributed by atoms with Crippen LogP contribution in [0.25, 0.3) is 5.57 Å². The zero-order chi connectivity index (χ0) is 14.8. The number of carbonyl (C=O) groups excluding carboxylic acids is 2. The zero-order valence-electron chi connectivity index (χ0n) is 11.0. The molecule has 0 spiro atoms. The summed E-state index contributed by atoms with van der Waals surface area (Å²) in [5.41, 5.74) is 1.74. The van der Waals surface area contributed by atoms with Crippen molar-refractivity contribution < 1.29 is 9.59 Å². The number of rotatable bonds is 3. The Kier molecular flexibility index (Phi) is 3.54. The first-order chi connectivity index (χ1) is 10.2. The lowest BCUT2D eigenvalue weighted by Gasteiger charge is -2.14. The quantitative estimate of drug-likeness (QED) is 0.819. The van der Waals surface area contributed by atoms with E-state index in [0.717, 1.165) is 10.5 Å². The van der Waals surface area contributed by atoms with Gasteiger partial charge < -0.3 is 0 Å². The van der Waals surface area contributed by atoms with Crippen LogP contribution in [-0.2, 0) is 16.1 Å². The molecular formula is C16H11ClN2O2. The molecule has 0 radical (unpaired) electrons. The maximum atomic E-state index is 12.5. The maximum Gasteiger partial charge on any atom is 0.273 e. The molecule has 104 valence electrons. The second-order valence-electron chi connectivity index (χ2n) is 4.61. The highest BCUT2D eigenvalue weighted by atomic mass is 35.5. The first-order valence-corrected chi connectivity index (χ1v) is 6.76. The van der Waals surface area contributed by atoms with Crippen LogP contribution < -0.4 is 0 Å². The number of benzene rings is 1. The third-order valence-corrected chi connectivity index (χ3v) is 3.61. The van der Waals surface area contributed by atoms with Gasteiger partial charge in [0.05, 0.1) is 12.1 Å². The van der Waals surface area contributed by atoms with Crippen LogP contribution in [0.5, 0.6) is 0 Å². The Labute approximate surface area is 126 Å². The van der Waals surface area contributed by atoms with Crippen molar-refractivity contribution in [3.8, 4) is 0 Å². The molecule has 4 nitrogen and oxygen atoms in total. The fraction of sp³-hybridized carbons (Fsp3) is 0.0625. The van der Waals surface area contributed by atoms with Crippen LogP contribution in [0.4, 0.5) is 0 Å². The summed E-state index contributed by atoms with van der Waals surface area (Å²) in [6, 6.07) is 12.5. The number of hydrogen-bond acceptors (Lipinski definition) is 3. The van der Waals surface area contributed by atoms with Crippen LogP contribution in [-0.4, -0.2) is 21.7 Å². The molecule has 3 rings (SSSR count). The van der Waals surface area contributed by atoms with Gasteiger partial charge in [-0.2, -0.15) is 0 Å². The number of pyridine rings is 1. The van der Waals surface area contributed by atoms with Gasteiger partial charge >= 0.3 is 0 Å². The summed E-state index contributed by atoms with van der Waals surface area (Å²) in [7, 11) is 0. The molecule has 1 aromatic heterocycles. The summed E-state index contributed by atoms with van der Waals surface area (Å²) in [5, 5.41) is -0.0275. The Morgan fingerprint density at radius 3 is 2.29 bits per heavy atom. The smallest absolute Gasteiger partial charge is 0.269 e. The maximum absolute atomic E-state index is 12.5. The molecule has 0 aliphatic carbocycles. The van der Waals surface area contributed by atoms with Gasteiger partial charge in [0.25, 0.3) is 11.8 Å². The SMILES string of the molecule is O=C1C(Cl)=C(c2ccccc2)C(=O)N1Cc1ccncc1. The Morgan fingerprint density at radius 1 is 0.952 bits per heavy atom. The minimum absolute atomic E-state index is 0.0275. The first-order valence-electron chi connectivity index (χ1n) is 6.39. The number of hydrogen-bond donors (Lipinski definition) is 0. The molecule has 2 heterocycles. The van der Waals surface area contributed by atoms with Crippen LogP contribution in [0.2, 0.25) is 0 Å². The number of halogens is 1. The van der Waals surface area contributed by atoms with E-state index in [0.29, 0.717) is 5.56 Å². The minimum Gasteiger partial charge on any atom is -0.269 e. The summed E-state index contributed by atoms with van der Waals surface area (Å²) in [6.07, 6.45) is 3.24. The summed E-state index contributed by atoms with van der Waals surface area (Å²) in [4.78, 5) is 29.7. The van der Waals surface area contributed by atoms with Gasteiger partial charge in [-0.1, -0.05) is 41.9 Å². The molecule has 1 aliphatic heterocycles. The average molecular weight is 299 g/mol. The van der Waals surface area contributed by atoms with E-state index in [2.05, 4.69) is 4.98 Å². The lowest BCUT2D eigenvalue weighted by atomic mass is 10.1. The summed E-state index contributed by atoms with van der Waals surface area (Å²) < 4.78 is 0. The predicted octanol–water partition coefficient (Wildman–Crippen LogP) is 2.60. The number of carbonyl (C=O) groups is 2. The van der Waals surface area contributed by atoms with Gasteiger partial charge in [-0.05, 0) is 23.3 Å². The van der Waals surface area contributed by atoms with E-state index in [1.54, 1.807) is 48.8 Å². The summed E-state index contributed by atoms with van der Waals surface area (Å²) in [6.45, 7) is 0.187. The second-order valence-corrected chi connectivity index (χ2v) is 4.98. The van der Waals surface area contributed by atoms with Crippen LogP contribution in [0.3, 0.4) is 0 Å². The van der Waals surface area contributed by atoms with Crippen LogP contribution in [0.15, 0.2) is 59.9 Å². The van der Waals surface area contributed by atoms with Crippen molar-refractivity contribution in [3.63, 3.8) is 0 Å². The number of amides is 2. The lowest BCUT2D eigenvalue weighted by Crippen LogP contribution is -2.30. The Hall–Kier alpha value is -2.46. The third kappa shape index (κ3) is 2.45. The van der Waals surface area contributed by atoms with E-state index in [1.165, 1.54) is 0 Å². The Morgan fingerprint density at radius 2 is 1.62 bits per heavy atom. The molecule has 2 aromatic rings. The van der Waals surface area contributed by atoms with E-state index in [-0.39, 0.29) is 23.1 Å². The standard InChI is InChI=1S/C16H11ClN2O2/c17-14-13(12-4-2-1-3-5-12)15(20)19(16(14)21)10-11-6-8-18-9-7-11/h1-9H,10H2. The molecule has 0 bridgehead atoms. The van der Waals surface area contributed by atoms with E-state index in [1.807, 2.05) is 6.07 Å². The van der Waals surface area contributed by atoms with Crippen molar-refractivity contribution in [2.45, 2.75) is 6.54 Å². The highest BCUT2D eigenvalue weighted by molar-refractivity contribution is 6.55. The highest BCUT2D eigenvalue weighted by Gasteiger charge is 2.37. The van der Waals surface area contributed by atoms with E-state index in [9.17, 15) is 9.59 Å². The number of aromatic nitrogens is 1.